The molecule has 1 aromatic carbocycles. The number of amides is 1. The molecule has 1 aliphatic heterocycles. The third-order valence-corrected chi connectivity index (χ3v) is 7.54. The summed E-state index contributed by atoms with van der Waals surface area (Å²) in [7, 11) is 0. The first-order valence-electron chi connectivity index (χ1n) is 10.6. The Labute approximate surface area is 189 Å². The number of rotatable bonds is 7. The van der Waals surface area contributed by atoms with Crippen LogP contribution < -0.4 is 4.90 Å². The molecule has 0 unspecified atom stereocenters. The number of piperazine rings is 1. The van der Waals surface area contributed by atoms with E-state index in [-0.39, 0.29) is 11.7 Å². The lowest BCUT2D eigenvalue weighted by molar-refractivity contribution is -0.128. The Morgan fingerprint density at radius 3 is 2.55 bits per heavy atom. The number of phenolic OH excluding ortho intramolecular Hbond substituents is 1. The van der Waals surface area contributed by atoms with Crippen molar-refractivity contribution in [1.29, 1.82) is 0 Å². The van der Waals surface area contributed by atoms with E-state index in [0.29, 0.717) is 24.9 Å². The lowest BCUT2D eigenvalue weighted by atomic mass is 10.2. The number of hydrogen-bond donors (Lipinski definition) is 1. The fourth-order valence-corrected chi connectivity index (χ4v) is 5.52. The Balaban J connectivity index is 1.17. The van der Waals surface area contributed by atoms with E-state index in [0.717, 1.165) is 49.0 Å². The molecule has 0 spiro atoms. The SMILES string of the molecule is O=C(CSc1nnc(Cc2cccs2)n1C1CC1)N1CCN(c2ccc(O)cc2)CC1. The molecular formula is C22H25N5O2S2. The quantitative estimate of drug-likeness (QED) is 0.551. The van der Waals surface area contributed by atoms with Gasteiger partial charge in [0, 0.05) is 49.2 Å². The highest BCUT2D eigenvalue weighted by molar-refractivity contribution is 7.99. The van der Waals surface area contributed by atoms with Crippen LogP contribution in [0.4, 0.5) is 5.69 Å². The lowest BCUT2D eigenvalue weighted by Gasteiger charge is -2.36. The molecule has 2 aromatic heterocycles. The molecule has 5 rings (SSSR count). The van der Waals surface area contributed by atoms with Crippen molar-refractivity contribution in [2.24, 2.45) is 0 Å². The molecule has 0 atom stereocenters. The van der Waals surface area contributed by atoms with Crippen LogP contribution in [-0.4, -0.2) is 62.6 Å². The molecule has 1 saturated heterocycles. The molecule has 3 heterocycles. The number of carbonyl (C=O) groups excluding carboxylic acids is 1. The van der Waals surface area contributed by atoms with Crippen molar-refractivity contribution in [2.45, 2.75) is 30.5 Å². The number of aromatic nitrogens is 3. The zero-order valence-corrected chi connectivity index (χ0v) is 18.8. The van der Waals surface area contributed by atoms with Gasteiger partial charge in [0.05, 0.1) is 5.75 Å². The van der Waals surface area contributed by atoms with Gasteiger partial charge >= 0.3 is 0 Å². The van der Waals surface area contributed by atoms with Crippen molar-refractivity contribution in [3.8, 4) is 5.75 Å². The largest absolute Gasteiger partial charge is 0.508 e. The fraction of sp³-hybridized carbons (Fsp3) is 0.409. The van der Waals surface area contributed by atoms with Crippen LogP contribution in [0.5, 0.6) is 5.75 Å². The van der Waals surface area contributed by atoms with Gasteiger partial charge in [0.1, 0.15) is 11.6 Å². The van der Waals surface area contributed by atoms with Gasteiger partial charge in [-0.2, -0.15) is 0 Å². The van der Waals surface area contributed by atoms with Gasteiger partial charge < -0.3 is 19.5 Å². The average Bonchev–Trinajstić information content (AvgIpc) is 3.34. The average molecular weight is 456 g/mol. The predicted molar refractivity (Wildman–Crippen MR) is 123 cm³/mol. The van der Waals surface area contributed by atoms with Gasteiger partial charge in [0.15, 0.2) is 5.16 Å². The van der Waals surface area contributed by atoms with Gasteiger partial charge in [-0.1, -0.05) is 17.8 Å². The monoisotopic (exact) mass is 455 g/mol. The zero-order valence-electron chi connectivity index (χ0n) is 17.2. The Morgan fingerprint density at radius 2 is 1.87 bits per heavy atom. The summed E-state index contributed by atoms with van der Waals surface area (Å²) >= 11 is 3.25. The molecule has 1 N–H and O–H groups in total. The van der Waals surface area contributed by atoms with Gasteiger partial charge in [-0.15, -0.1) is 21.5 Å². The molecule has 0 radical (unpaired) electrons. The van der Waals surface area contributed by atoms with Crippen LogP contribution in [0.25, 0.3) is 0 Å². The summed E-state index contributed by atoms with van der Waals surface area (Å²) in [5.74, 6) is 1.82. The summed E-state index contributed by atoms with van der Waals surface area (Å²) in [6.07, 6.45) is 3.13. The predicted octanol–water partition coefficient (Wildman–Crippen LogP) is 3.41. The minimum absolute atomic E-state index is 0.153. The summed E-state index contributed by atoms with van der Waals surface area (Å²) in [6.45, 7) is 3.01. The molecule has 162 valence electrons. The molecule has 2 fully saturated rings. The second-order valence-electron chi connectivity index (χ2n) is 7.93. The second kappa shape index (κ2) is 8.92. The number of thiophene rings is 1. The lowest BCUT2D eigenvalue weighted by Crippen LogP contribution is -2.49. The van der Waals surface area contributed by atoms with E-state index < -0.39 is 0 Å². The topological polar surface area (TPSA) is 74.5 Å². The van der Waals surface area contributed by atoms with Gasteiger partial charge in [-0.3, -0.25) is 4.79 Å². The van der Waals surface area contributed by atoms with Crippen LogP contribution in [0.2, 0.25) is 0 Å². The first-order valence-corrected chi connectivity index (χ1v) is 12.4. The van der Waals surface area contributed by atoms with Crippen molar-refractivity contribution in [3.63, 3.8) is 0 Å². The molecule has 1 amide bonds. The molecule has 1 saturated carbocycles. The second-order valence-corrected chi connectivity index (χ2v) is 9.90. The van der Waals surface area contributed by atoms with Crippen molar-refractivity contribution < 1.29 is 9.90 Å². The van der Waals surface area contributed by atoms with Crippen molar-refractivity contribution in [1.82, 2.24) is 19.7 Å². The highest BCUT2D eigenvalue weighted by Gasteiger charge is 2.30. The van der Waals surface area contributed by atoms with E-state index in [1.54, 1.807) is 23.5 Å². The summed E-state index contributed by atoms with van der Waals surface area (Å²) in [5.41, 5.74) is 1.08. The number of nitrogens with zero attached hydrogens (tertiary/aromatic N) is 5. The number of aromatic hydroxyl groups is 1. The summed E-state index contributed by atoms with van der Waals surface area (Å²) in [5, 5.41) is 21.3. The molecule has 9 heteroatoms. The van der Waals surface area contributed by atoms with E-state index in [4.69, 9.17) is 0 Å². The van der Waals surface area contributed by atoms with Crippen LogP contribution >= 0.6 is 23.1 Å². The van der Waals surface area contributed by atoms with Crippen LogP contribution in [0.1, 0.15) is 29.6 Å². The van der Waals surface area contributed by atoms with Gasteiger partial charge in [-0.25, -0.2) is 0 Å². The standard InChI is InChI=1S/C22H25N5O2S2/c28-18-7-5-16(6-8-18)25-9-11-26(12-10-25)21(29)15-31-22-24-23-20(27(22)17-3-4-17)14-19-2-1-13-30-19/h1-2,5-8,13,17,28H,3-4,9-12,14-15H2. The third-order valence-electron chi connectivity index (χ3n) is 5.73. The molecule has 3 aromatic rings. The summed E-state index contributed by atoms with van der Waals surface area (Å²) < 4.78 is 2.25. The number of hydrogen-bond acceptors (Lipinski definition) is 7. The Bertz CT molecular complexity index is 1020. The van der Waals surface area contributed by atoms with Crippen LogP contribution in [0, 0.1) is 0 Å². The number of benzene rings is 1. The maximum Gasteiger partial charge on any atom is 0.233 e. The van der Waals surface area contributed by atoms with Crippen molar-refractivity contribution in [2.75, 3.05) is 36.8 Å². The van der Waals surface area contributed by atoms with E-state index in [1.807, 2.05) is 17.0 Å². The minimum Gasteiger partial charge on any atom is -0.508 e. The minimum atomic E-state index is 0.153. The number of phenols is 1. The molecule has 0 bridgehead atoms. The van der Waals surface area contributed by atoms with Crippen LogP contribution in [-0.2, 0) is 11.2 Å². The maximum atomic E-state index is 12.8. The molecule has 31 heavy (non-hydrogen) atoms. The Morgan fingerprint density at radius 1 is 1.10 bits per heavy atom. The highest BCUT2D eigenvalue weighted by atomic mass is 32.2. The normalized spacial score (nSPS) is 16.6. The van der Waals surface area contributed by atoms with Gasteiger partial charge in [-0.05, 0) is 48.6 Å². The number of thioether (sulfide) groups is 1. The number of anilines is 1. The first-order chi connectivity index (χ1) is 15.2. The first kappa shape index (κ1) is 20.4. The van der Waals surface area contributed by atoms with Crippen molar-refractivity contribution in [3.05, 3.63) is 52.5 Å². The van der Waals surface area contributed by atoms with Crippen LogP contribution in [0.3, 0.4) is 0 Å². The van der Waals surface area contributed by atoms with E-state index >= 15 is 0 Å². The molecule has 2 aliphatic rings. The number of carbonyl (C=O) groups is 1. The summed E-state index contributed by atoms with van der Waals surface area (Å²) in [4.78, 5) is 18.3. The zero-order chi connectivity index (χ0) is 21.2. The Kier molecular flexibility index (Phi) is 5.87. The molecular weight excluding hydrogens is 430 g/mol. The fourth-order valence-electron chi connectivity index (χ4n) is 3.89. The maximum absolute atomic E-state index is 12.8. The highest BCUT2D eigenvalue weighted by Crippen LogP contribution is 2.39. The van der Waals surface area contributed by atoms with Crippen LogP contribution in [0.15, 0.2) is 46.9 Å². The molecule has 7 nitrogen and oxygen atoms in total. The van der Waals surface area contributed by atoms with Gasteiger partial charge in [0.2, 0.25) is 5.91 Å². The van der Waals surface area contributed by atoms with E-state index in [2.05, 4.69) is 37.2 Å². The van der Waals surface area contributed by atoms with Crippen molar-refractivity contribution >= 4 is 34.7 Å². The van der Waals surface area contributed by atoms with E-state index in [9.17, 15) is 9.90 Å². The van der Waals surface area contributed by atoms with Gasteiger partial charge in [0.25, 0.3) is 0 Å². The van der Waals surface area contributed by atoms with E-state index in [1.165, 1.54) is 16.6 Å². The Hall–Kier alpha value is -2.52. The third kappa shape index (κ3) is 4.72. The molecule has 1 aliphatic carbocycles. The smallest absolute Gasteiger partial charge is 0.233 e. The summed E-state index contributed by atoms with van der Waals surface area (Å²) in [6, 6.07) is 11.9.